The quantitative estimate of drug-likeness (QED) is 0.585. The van der Waals surface area contributed by atoms with Crippen molar-refractivity contribution in [2.45, 2.75) is 32.2 Å². The van der Waals surface area contributed by atoms with Gasteiger partial charge in [-0.15, -0.1) is 0 Å². The third-order valence-electron chi connectivity index (χ3n) is 1.96. The van der Waals surface area contributed by atoms with Crippen molar-refractivity contribution in [3.05, 3.63) is 0 Å². The Morgan fingerprint density at radius 1 is 1.30 bits per heavy atom. The van der Waals surface area contributed by atoms with Gasteiger partial charge in [0, 0.05) is 6.04 Å². The highest BCUT2D eigenvalue weighted by Crippen LogP contribution is 2.03. The molecular weight excluding hydrogens is 124 g/mol. The molecule has 0 aromatic carbocycles. The molecule has 0 aromatic rings. The number of nitrogens with zero attached hydrogens (tertiary/aromatic N) is 1. The van der Waals surface area contributed by atoms with Crippen molar-refractivity contribution < 1.29 is 0 Å². The van der Waals surface area contributed by atoms with E-state index < -0.39 is 0 Å². The maximum atomic E-state index is 5.38. The molecule has 0 fully saturated rings. The highest BCUT2D eigenvalue weighted by Gasteiger charge is 2.01. The standard InChI is InChI=1S/C8H20N2/c1-8(10(2)3)6-4-5-7-9/h8H,4-7,9H2,1-3H3. The molecule has 2 heteroatoms. The first kappa shape index (κ1) is 9.92. The number of hydrogen-bond acceptors (Lipinski definition) is 2. The SMILES string of the molecule is CC(CCCCN)N(C)C. The predicted octanol–water partition coefficient (Wildman–Crippen LogP) is 1.07. The molecule has 0 spiro atoms. The van der Waals surface area contributed by atoms with Gasteiger partial charge >= 0.3 is 0 Å². The fourth-order valence-electron chi connectivity index (χ4n) is 0.842. The van der Waals surface area contributed by atoms with E-state index in [0.717, 1.165) is 13.0 Å². The molecule has 0 aliphatic rings. The molecular formula is C8H20N2. The molecule has 1 atom stereocenters. The maximum absolute atomic E-state index is 5.38. The summed E-state index contributed by atoms with van der Waals surface area (Å²) in [6.45, 7) is 3.08. The van der Waals surface area contributed by atoms with Crippen LogP contribution < -0.4 is 5.73 Å². The zero-order chi connectivity index (χ0) is 7.98. The Morgan fingerprint density at radius 2 is 1.90 bits per heavy atom. The van der Waals surface area contributed by atoms with Crippen LogP contribution in [-0.4, -0.2) is 31.6 Å². The molecule has 1 unspecified atom stereocenters. The summed E-state index contributed by atoms with van der Waals surface area (Å²) < 4.78 is 0. The first-order valence-corrected chi connectivity index (χ1v) is 4.05. The van der Waals surface area contributed by atoms with Crippen LogP contribution in [0.5, 0.6) is 0 Å². The van der Waals surface area contributed by atoms with Gasteiger partial charge in [-0.2, -0.15) is 0 Å². The minimum Gasteiger partial charge on any atom is -0.330 e. The maximum Gasteiger partial charge on any atom is 0.00608 e. The van der Waals surface area contributed by atoms with Crippen LogP contribution >= 0.6 is 0 Å². The molecule has 0 heterocycles. The molecule has 0 rings (SSSR count). The van der Waals surface area contributed by atoms with Crippen LogP contribution in [0.1, 0.15) is 26.2 Å². The summed E-state index contributed by atoms with van der Waals surface area (Å²) in [6.07, 6.45) is 3.69. The van der Waals surface area contributed by atoms with Crippen LogP contribution in [0.25, 0.3) is 0 Å². The third kappa shape index (κ3) is 4.77. The normalized spacial score (nSPS) is 14.1. The van der Waals surface area contributed by atoms with E-state index in [1.165, 1.54) is 12.8 Å². The van der Waals surface area contributed by atoms with E-state index in [9.17, 15) is 0 Å². The molecule has 0 bridgehead atoms. The van der Waals surface area contributed by atoms with Crippen LogP contribution in [0.15, 0.2) is 0 Å². The van der Waals surface area contributed by atoms with Crippen LogP contribution in [0.4, 0.5) is 0 Å². The van der Waals surface area contributed by atoms with Crippen LogP contribution in [0.3, 0.4) is 0 Å². The lowest BCUT2D eigenvalue weighted by atomic mass is 10.1. The van der Waals surface area contributed by atoms with Crippen LogP contribution in [-0.2, 0) is 0 Å². The fourth-order valence-corrected chi connectivity index (χ4v) is 0.842. The lowest BCUT2D eigenvalue weighted by molar-refractivity contribution is 0.293. The number of hydrogen-bond donors (Lipinski definition) is 1. The zero-order valence-electron chi connectivity index (χ0n) is 7.43. The van der Waals surface area contributed by atoms with Gasteiger partial charge in [-0.3, -0.25) is 0 Å². The smallest absolute Gasteiger partial charge is 0.00608 e. The average Bonchev–Trinajstić information content (AvgIpc) is 1.88. The molecule has 0 aliphatic heterocycles. The Morgan fingerprint density at radius 3 is 2.30 bits per heavy atom. The van der Waals surface area contributed by atoms with Gasteiger partial charge in [-0.25, -0.2) is 0 Å². The van der Waals surface area contributed by atoms with Gasteiger partial charge in [-0.1, -0.05) is 6.42 Å². The summed E-state index contributed by atoms with van der Waals surface area (Å²) in [5.41, 5.74) is 5.38. The minimum atomic E-state index is 0.701. The van der Waals surface area contributed by atoms with Crippen LogP contribution in [0.2, 0.25) is 0 Å². The molecule has 0 radical (unpaired) electrons. The van der Waals surface area contributed by atoms with Gasteiger partial charge in [0.1, 0.15) is 0 Å². The summed E-state index contributed by atoms with van der Waals surface area (Å²) in [4.78, 5) is 2.25. The first-order valence-electron chi connectivity index (χ1n) is 4.05. The van der Waals surface area contributed by atoms with E-state index >= 15 is 0 Å². The molecule has 10 heavy (non-hydrogen) atoms. The van der Waals surface area contributed by atoms with Gasteiger partial charge in [0.15, 0.2) is 0 Å². The summed E-state index contributed by atoms with van der Waals surface area (Å²) in [5, 5.41) is 0. The van der Waals surface area contributed by atoms with E-state index in [0.29, 0.717) is 6.04 Å². The minimum absolute atomic E-state index is 0.701. The summed E-state index contributed by atoms with van der Waals surface area (Å²) in [5.74, 6) is 0. The second-order valence-electron chi connectivity index (χ2n) is 3.10. The highest BCUT2D eigenvalue weighted by atomic mass is 15.1. The Bertz CT molecular complexity index is 71.7. The lowest BCUT2D eigenvalue weighted by Gasteiger charge is -2.18. The topological polar surface area (TPSA) is 29.3 Å². The molecule has 2 N–H and O–H groups in total. The predicted molar refractivity (Wildman–Crippen MR) is 46.1 cm³/mol. The second kappa shape index (κ2) is 5.69. The van der Waals surface area contributed by atoms with E-state index in [-0.39, 0.29) is 0 Å². The molecule has 0 aromatic heterocycles. The molecule has 0 amide bonds. The Kier molecular flexibility index (Phi) is 5.64. The molecule has 62 valence electrons. The van der Waals surface area contributed by atoms with E-state index in [2.05, 4.69) is 25.9 Å². The van der Waals surface area contributed by atoms with Gasteiger partial charge in [0.2, 0.25) is 0 Å². The Balaban J connectivity index is 3.13. The van der Waals surface area contributed by atoms with Gasteiger partial charge < -0.3 is 10.6 Å². The summed E-state index contributed by atoms with van der Waals surface area (Å²) in [7, 11) is 4.24. The van der Waals surface area contributed by atoms with Crippen molar-refractivity contribution in [3.8, 4) is 0 Å². The molecule has 0 saturated carbocycles. The third-order valence-corrected chi connectivity index (χ3v) is 1.96. The van der Waals surface area contributed by atoms with Crippen LogP contribution in [0, 0.1) is 0 Å². The highest BCUT2D eigenvalue weighted by molar-refractivity contribution is 4.58. The zero-order valence-corrected chi connectivity index (χ0v) is 7.43. The van der Waals surface area contributed by atoms with Crippen molar-refractivity contribution in [3.63, 3.8) is 0 Å². The van der Waals surface area contributed by atoms with E-state index in [1.807, 2.05) is 0 Å². The Hall–Kier alpha value is -0.0800. The second-order valence-corrected chi connectivity index (χ2v) is 3.10. The van der Waals surface area contributed by atoms with Crippen molar-refractivity contribution in [1.29, 1.82) is 0 Å². The van der Waals surface area contributed by atoms with Crippen molar-refractivity contribution in [2.75, 3.05) is 20.6 Å². The lowest BCUT2D eigenvalue weighted by Crippen LogP contribution is -2.24. The molecule has 0 saturated heterocycles. The number of rotatable bonds is 5. The van der Waals surface area contributed by atoms with Gasteiger partial charge in [-0.05, 0) is 40.4 Å². The van der Waals surface area contributed by atoms with Crippen molar-refractivity contribution >= 4 is 0 Å². The van der Waals surface area contributed by atoms with Crippen molar-refractivity contribution in [2.24, 2.45) is 5.73 Å². The van der Waals surface area contributed by atoms with E-state index in [4.69, 9.17) is 5.73 Å². The molecule has 0 aliphatic carbocycles. The van der Waals surface area contributed by atoms with E-state index in [1.54, 1.807) is 0 Å². The molecule has 2 nitrogen and oxygen atoms in total. The summed E-state index contributed by atoms with van der Waals surface area (Å²) in [6, 6.07) is 0.701. The summed E-state index contributed by atoms with van der Waals surface area (Å²) >= 11 is 0. The average molecular weight is 144 g/mol. The van der Waals surface area contributed by atoms with Gasteiger partial charge in [0.05, 0.1) is 0 Å². The Labute approximate surface area is 64.4 Å². The largest absolute Gasteiger partial charge is 0.330 e. The number of nitrogens with two attached hydrogens (primary N) is 1. The van der Waals surface area contributed by atoms with Crippen molar-refractivity contribution in [1.82, 2.24) is 4.90 Å². The monoisotopic (exact) mass is 144 g/mol. The van der Waals surface area contributed by atoms with Gasteiger partial charge in [0.25, 0.3) is 0 Å². The first-order chi connectivity index (χ1) is 4.68. The fraction of sp³-hybridized carbons (Fsp3) is 1.00. The number of unbranched alkanes of at least 4 members (excludes halogenated alkanes) is 1.